The first-order valence-corrected chi connectivity index (χ1v) is 6.29. The molecule has 1 aromatic heterocycles. The van der Waals surface area contributed by atoms with Gasteiger partial charge in [-0.15, -0.1) is 11.3 Å². The largest absolute Gasteiger partial charge is 0.326 e. The molecule has 2 nitrogen and oxygen atoms in total. The van der Waals surface area contributed by atoms with E-state index in [-0.39, 0.29) is 11.6 Å². The normalized spacial score (nSPS) is 14.4. The van der Waals surface area contributed by atoms with Gasteiger partial charge < -0.3 is 11.5 Å². The quantitative estimate of drug-likeness (QED) is 0.888. The summed E-state index contributed by atoms with van der Waals surface area (Å²) >= 11 is 5.13. The van der Waals surface area contributed by atoms with Crippen LogP contribution >= 0.6 is 27.3 Å². The maximum absolute atomic E-state index is 6.05. The second-order valence-electron chi connectivity index (χ2n) is 4.28. The molecule has 1 aromatic rings. The van der Waals surface area contributed by atoms with Crippen molar-refractivity contribution in [2.45, 2.75) is 38.3 Å². The Kier molecular flexibility index (Phi) is 4.13. The van der Waals surface area contributed by atoms with E-state index in [0.717, 1.165) is 16.6 Å². The van der Waals surface area contributed by atoms with Gasteiger partial charge in [0.15, 0.2) is 0 Å². The van der Waals surface area contributed by atoms with Crippen LogP contribution in [0.5, 0.6) is 0 Å². The predicted molar refractivity (Wildman–Crippen MR) is 66.4 cm³/mol. The molecule has 0 spiro atoms. The second kappa shape index (κ2) is 4.75. The average Bonchev–Trinajstić information content (AvgIpc) is 2.46. The first-order valence-electron chi connectivity index (χ1n) is 4.68. The van der Waals surface area contributed by atoms with Crippen molar-refractivity contribution in [3.05, 3.63) is 20.8 Å². The van der Waals surface area contributed by atoms with Crippen molar-refractivity contribution in [3.63, 3.8) is 0 Å². The topological polar surface area (TPSA) is 52.0 Å². The van der Waals surface area contributed by atoms with Crippen molar-refractivity contribution in [2.75, 3.05) is 0 Å². The molecule has 80 valence electrons. The van der Waals surface area contributed by atoms with Gasteiger partial charge in [-0.25, -0.2) is 0 Å². The molecule has 0 aliphatic rings. The molecule has 0 aliphatic heterocycles. The van der Waals surface area contributed by atoms with Gasteiger partial charge in [0.05, 0.1) is 3.79 Å². The molecule has 0 saturated heterocycles. The number of thiophene rings is 1. The van der Waals surface area contributed by atoms with Crippen molar-refractivity contribution in [2.24, 2.45) is 11.5 Å². The van der Waals surface area contributed by atoms with E-state index in [4.69, 9.17) is 11.5 Å². The molecule has 4 N–H and O–H groups in total. The first kappa shape index (κ1) is 12.2. The van der Waals surface area contributed by atoms with Crippen LogP contribution in [0.2, 0.25) is 0 Å². The number of rotatable bonds is 4. The lowest BCUT2D eigenvalue weighted by Gasteiger charge is -2.20. The third-order valence-corrected chi connectivity index (χ3v) is 3.81. The van der Waals surface area contributed by atoms with Crippen LogP contribution in [0.15, 0.2) is 15.9 Å². The molecule has 0 aliphatic carbocycles. The Bertz CT molecular complexity index is 291. The van der Waals surface area contributed by atoms with Gasteiger partial charge >= 0.3 is 0 Å². The molecule has 4 heteroatoms. The zero-order chi connectivity index (χ0) is 10.8. The maximum atomic E-state index is 6.05. The van der Waals surface area contributed by atoms with Gasteiger partial charge in [0, 0.05) is 16.5 Å². The smallest absolute Gasteiger partial charge is 0.0701 e. The van der Waals surface area contributed by atoms with Crippen LogP contribution in [0, 0.1) is 0 Å². The minimum absolute atomic E-state index is 0.119. The minimum atomic E-state index is -0.119. The molecular weight excluding hydrogens is 260 g/mol. The molecule has 0 aromatic carbocycles. The fourth-order valence-corrected chi connectivity index (χ4v) is 2.66. The van der Waals surface area contributed by atoms with E-state index in [1.807, 2.05) is 19.9 Å². The number of nitrogens with two attached hydrogens (primary N) is 2. The molecule has 1 atom stereocenters. The van der Waals surface area contributed by atoms with Crippen molar-refractivity contribution < 1.29 is 0 Å². The third-order valence-electron chi connectivity index (χ3n) is 2.06. The van der Waals surface area contributed by atoms with Gasteiger partial charge in [0.1, 0.15) is 0 Å². The molecule has 1 heterocycles. The lowest BCUT2D eigenvalue weighted by atomic mass is 9.96. The van der Waals surface area contributed by atoms with Crippen LogP contribution in [0.4, 0.5) is 0 Å². The van der Waals surface area contributed by atoms with Crippen molar-refractivity contribution in [1.29, 1.82) is 0 Å². The molecule has 0 saturated carbocycles. The summed E-state index contributed by atoms with van der Waals surface area (Å²) in [7, 11) is 0. The van der Waals surface area contributed by atoms with Crippen LogP contribution in [0.3, 0.4) is 0 Å². The molecule has 0 bridgehead atoms. The summed E-state index contributed by atoms with van der Waals surface area (Å²) in [5, 5.41) is 0. The summed E-state index contributed by atoms with van der Waals surface area (Å²) < 4.78 is 1.13. The lowest BCUT2D eigenvalue weighted by molar-refractivity contribution is 0.435. The summed E-state index contributed by atoms with van der Waals surface area (Å²) in [6, 6.07) is 4.23. The Labute approximate surface area is 97.8 Å². The number of hydrogen-bond donors (Lipinski definition) is 2. The Morgan fingerprint density at radius 2 is 2.14 bits per heavy atom. The lowest BCUT2D eigenvalue weighted by Crippen LogP contribution is -2.32. The monoisotopic (exact) mass is 276 g/mol. The summed E-state index contributed by atoms with van der Waals surface area (Å²) in [5.41, 5.74) is 11.8. The van der Waals surface area contributed by atoms with Crippen molar-refractivity contribution >= 4 is 27.3 Å². The SMILES string of the molecule is CC(C)(N)CCC(N)c1ccc(Br)s1. The zero-order valence-corrected chi connectivity index (χ0v) is 11.0. The highest BCUT2D eigenvalue weighted by Crippen LogP contribution is 2.29. The molecule has 0 amide bonds. The number of hydrogen-bond acceptors (Lipinski definition) is 3. The second-order valence-corrected chi connectivity index (χ2v) is 6.77. The summed E-state index contributed by atoms with van der Waals surface area (Å²) in [5.74, 6) is 0. The first-order chi connectivity index (χ1) is 6.38. The van der Waals surface area contributed by atoms with Gasteiger partial charge in [-0.1, -0.05) is 0 Å². The molecule has 0 radical (unpaired) electrons. The molecule has 1 unspecified atom stereocenters. The predicted octanol–water partition coefficient (Wildman–Crippen LogP) is 3.03. The van der Waals surface area contributed by atoms with Crippen LogP contribution in [0.1, 0.15) is 37.6 Å². The van der Waals surface area contributed by atoms with Gasteiger partial charge in [-0.2, -0.15) is 0 Å². The minimum Gasteiger partial charge on any atom is -0.326 e. The molecule has 1 rings (SSSR count). The van der Waals surface area contributed by atoms with Crippen LogP contribution < -0.4 is 11.5 Å². The average molecular weight is 277 g/mol. The highest BCUT2D eigenvalue weighted by atomic mass is 79.9. The van der Waals surface area contributed by atoms with Crippen LogP contribution in [-0.2, 0) is 0 Å². The Morgan fingerprint density at radius 3 is 2.57 bits per heavy atom. The van der Waals surface area contributed by atoms with Gasteiger partial charge in [0.25, 0.3) is 0 Å². The summed E-state index contributed by atoms with van der Waals surface area (Å²) in [6.45, 7) is 4.06. The van der Waals surface area contributed by atoms with E-state index in [1.165, 1.54) is 4.88 Å². The molecule has 14 heavy (non-hydrogen) atoms. The van der Waals surface area contributed by atoms with E-state index in [2.05, 4.69) is 22.0 Å². The maximum Gasteiger partial charge on any atom is 0.0701 e. The van der Waals surface area contributed by atoms with Gasteiger partial charge in [0.2, 0.25) is 0 Å². The van der Waals surface area contributed by atoms with Crippen molar-refractivity contribution in [1.82, 2.24) is 0 Å². The van der Waals surface area contributed by atoms with E-state index in [9.17, 15) is 0 Å². The summed E-state index contributed by atoms with van der Waals surface area (Å²) in [4.78, 5) is 1.22. The highest BCUT2D eigenvalue weighted by Gasteiger charge is 2.15. The van der Waals surface area contributed by atoms with Crippen LogP contribution in [0.25, 0.3) is 0 Å². The Hall–Kier alpha value is 0.1000. The van der Waals surface area contributed by atoms with E-state index >= 15 is 0 Å². The molecule has 0 fully saturated rings. The Balaban J connectivity index is 2.47. The van der Waals surface area contributed by atoms with E-state index in [0.29, 0.717) is 0 Å². The van der Waals surface area contributed by atoms with Crippen molar-refractivity contribution in [3.8, 4) is 0 Å². The number of halogens is 1. The fraction of sp³-hybridized carbons (Fsp3) is 0.600. The highest BCUT2D eigenvalue weighted by molar-refractivity contribution is 9.11. The Morgan fingerprint density at radius 1 is 1.50 bits per heavy atom. The van der Waals surface area contributed by atoms with Crippen LogP contribution in [-0.4, -0.2) is 5.54 Å². The third kappa shape index (κ3) is 4.09. The van der Waals surface area contributed by atoms with E-state index in [1.54, 1.807) is 11.3 Å². The van der Waals surface area contributed by atoms with E-state index < -0.39 is 0 Å². The van der Waals surface area contributed by atoms with Gasteiger partial charge in [-0.05, 0) is 54.8 Å². The standard InChI is InChI=1S/C10H17BrN2S/c1-10(2,13)6-5-7(12)8-3-4-9(11)14-8/h3-4,7H,5-6,12-13H2,1-2H3. The van der Waals surface area contributed by atoms with Gasteiger partial charge in [-0.3, -0.25) is 0 Å². The molecular formula is C10H17BrN2S. The summed E-state index contributed by atoms with van der Waals surface area (Å²) in [6.07, 6.45) is 1.89. The fourth-order valence-electron chi connectivity index (χ4n) is 1.20. The zero-order valence-electron chi connectivity index (χ0n) is 8.59.